The fraction of sp³-hybridized carbons (Fsp3) is 0.400. The molecular weight excluding hydrogens is 549 g/mol. The van der Waals surface area contributed by atoms with Gasteiger partial charge in [0, 0.05) is 57.1 Å². The minimum atomic E-state index is -4.66. The second-order valence-electron chi connectivity index (χ2n) is 11.0. The van der Waals surface area contributed by atoms with Crippen LogP contribution in [0.5, 0.6) is 0 Å². The number of amides is 2. The van der Waals surface area contributed by atoms with Crippen molar-refractivity contribution in [2.75, 3.05) is 31.5 Å². The van der Waals surface area contributed by atoms with Crippen molar-refractivity contribution in [1.29, 1.82) is 0 Å². The van der Waals surface area contributed by atoms with Gasteiger partial charge in [0.2, 0.25) is 0 Å². The largest absolute Gasteiger partial charge is 0.444 e. The number of halogens is 3. The number of ether oxygens (including phenoxy) is 1. The number of rotatable bonds is 4. The van der Waals surface area contributed by atoms with Crippen molar-refractivity contribution in [2.24, 2.45) is 7.05 Å². The Balaban J connectivity index is 1.44. The number of piperazine rings is 1. The van der Waals surface area contributed by atoms with E-state index in [0.29, 0.717) is 37.4 Å². The first-order valence-corrected chi connectivity index (χ1v) is 13.4. The molecule has 1 aromatic carbocycles. The van der Waals surface area contributed by atoms with Crippen LogP contribution in [-0.4, -0.2) is 68.1 Å². The van der Waals surface area contributed by atoms with E-state index in [2.05, 4.69) is 27.1 Å². The van der Waals surface area contributed by atoms with Crippen molar-refractivity contribution in [1.82, 2.24) is 24.3 Å². The first-order chi connectivity index (χ1) is 19.7. The van der Waals surface area contributed by atoms with Gasteiger partial charge in [-0.25, -0.2) is 14.8 Å². The number of alkyl halides is 3. The molecule has 3 aromatic rings. The second-order valence-corrected chi connectivity index (χ2v) is 11.0. The van der Waals surface area contributed by atoms with Gasteiger partial charge in [-0.05, 0) is 63.4 Å². The van der Waals surface area contributed by atoms with Crippen LogP contribution in [0.1, 0.15) is 59.3 Å². The summed E-state index contributed by atoms with van der Waals surface area (Å²) in [4.78, 5) is 36.9. The first kappa shape index (κ1) is 30.6. The number of imidazole rings is 1. The number of anilines is 1. The highest BCUT2D eigenvalue weighted by atomic mass is 19.4. The maximum atomic E-state index is 14.1. The number of benzene rings is 1. The summed E-state index contributed by atoms with van der Waals surface area (Å²) in [6.45, 7) is 8.68. The zero-order valence-corrected chi connectivity index (χ0v) is 24.2. The average molecular weight is 583 g/mol. The summed E-state index contributed by atoms with van der Waals surface area (Å²) < 4.78 is 49.4. The molecule has 1 fully saturated rings. The van der Waals surface area contributed by atoms with E-state index in [1.807, 2.05) is 23.4 Å². The van der Waals surface area contributed by atoms with Crippen LogP contribution in [0.3, 0.4) is 0 Å². The fourth-order valence-electron chi connectivity index (χ4n) is 4.29. The summed E-state index contributed by atoms with van der Waals surface area (Å²) in [5, 5.41) is 2.56. The van der Waals surface area contributed by atoms with Crippen molar-refractivity contribution >= 4 is 17.8 Å². The molecule has 4 rings (SSSR count). The third kappa shape index (κ3) is 7.88. The number of nitrogens with zero attached hydrogens (tertiary/aromatic N) is 5. The lowest BCUT2D eigenvalue weighted by atomic mass is 10.0. The van der Waals surface area contributed by atoms with Crippen LogP contribution < -0.4 is 5.32 Å². The third-order valence-electron chi connectivity index (χ3n) is 6.65. The molecule has 0 unspecified atom stereocenters. The van der Waals surface area contributed by atoms with Crippen molar-refractivity contribution in [3.8, 4) is 11.8 Å². The molecular formula is C30H33F3N6O3. The topological polar surface area (TPSA) is 92.6 Å². The smallest absolute Gasteiger partial charge is 0.416 e. The molecule has 2 amide bonds. The van der Waals surface area contributed by atoms with E-state index in [4.69, 9.17) is 4.74 Å². The Bertz CT molecular complexity index is 1520. The van der Waals surface area contributed by atoms with Crippen LogP contribution in [0.4, 0.5) is 23.8 Å². The highest BCUT2D eigenvalue weighted by Crippen LogP contribution is 2.34. The maximum absolute atomic E-state index is 14.1. The Labute approximate surface area is 242 Å². The monoisotopic (exact) mass is 582 g/mol. The summed E-state index contributed by atoms with van der Waals surface area (Å²) in [6.07, 6.45) is -2.00. The number of aromatic nitrogens is 3. The first-order valence-electron chi connectivity index (χ1n) is 13.4. The minimum Gasteiger partial charge on any atom is -0.444 e. The van der Waals surface area contributed by atoms with Gasteiger partial charge in [0.15, 0.2) is 0 Å². The van der Waals surface area contributed by atoms with Crippen LogP contribution in [0.2, 0.25) is 0 Å². The molecule has 1 aliphatic rings. The Morgan fingerprint density at radius 2 is 1.74 bits per heavy atom. The molecule has 0 spiro atoms. The van der Waals surface area contributed by atoms with E-state index in [9.17, 15) is 22.8 Å². The standard InChI is InChI=1S/C30H33F3N6O3/c1-20-35-18-24(37(20)5)9-6-21-10-11-34-26(16-21)36-27(40)22-7-8-23(25(17-22)30(31,32)33)19-38-12-14-39(15-13-38)28(41)42-29(2,3)4/h7-8,10-11,16-18H,12-15,19H2,1-5H3,(H,34,36,40). The molecule has 0 atom stereocenters. The molecule has 2 aromatic heterocycles. The number of hydrogen-bond acceptors (Lipinski definition) is 6. The predicted molar refractivity (Wildman–Crippen MR) is 151 cm³/mol. The number of nitrogens with one attached hydrogen (secondary N) is 1. The van der Waals surface area contributed by atoms with Crippen LogP contribution in [0, 0.1) is 18.8 Å². The van der Waals surface area contributed by atoms with Crippen molar-refractivity contribution < 1.29 is 27.5 Å². The molecule has 1 N–H and O–H groups in total. The number of hydrogen-bond donors (Lipinski definition) is 1. The maximum Gasteiger partial charge on any atom is 0.416 e. The second kappa shape index (κ2) is 12.2. The zero-order valence-electron chi connectivity index (χ0n) is 24.2. The summed E-state index contributed by atoms with van der Waals surface area (Å²) in [6, 6.07) is 6.75. The van der Waals surface area contributed by atoms with E-state index in [-0.39, 0.29) is 23.5 Å². The zero-order chi connectivity index (χ0) is 30.7. The van der Waals surface area contributed by atoms with Crippen LogP contribution in [0.15, 0.2) is 42.7 Å². The fourth-order valence-corrected chi connectivity index (χ4v) is 4.29. The molecule has 0 radical (unpaired) electrons. The highest BCUT2D eigenvalue weighted by Gasteiger charge is 2.35. The molecule has 9 nitrogen and oxygen atoms in total. The number of carbonyl (C=O) groups excluding carboxylic acids is 2. The molecule has 0 saturated carbocycles. The van der Waals surface area contributed by atoms with Gasteiger partial charge in [-0.3, -0.25) is 9.69 Å². The predicted octanol–water partition coefficient (Wildman–Crippen LogP) is 4.85. The van der Waals surface area contributed by atoms with E-state index in [0.717, 1.165) is 11.9 Å². The summed E-state index contributed by atoms with van der Waals surface area (Å²) in [7, 11) is 1.84. The van der Waals surface area contributed by atoms with Gasteiger partial charge in [0.05, 0.1) is 11.8 Å². The number of aryl methyl sites for hydroxylation is 1. The Morgan fingerprint density at radius 1 is 1.02 bits per heavy atom. The molecule has 42 heavy (non-hydrogen) atoms. The van der Waals surface area contributed by atoms with E-state index in [1.54, 1.807) is 44.0 Å². The highest BCUT2D eigenvalue weighted by molar-refractivity contribution is 6.04. The average Bonchev–Trinajstić information content (AvgIpc) is 3.23. The van der Waals surface area contributed by atoms with Gasteiger partial charge >= 0.3 is 12.3 Å². The lowest BCUT2D eigenvalue weighted by molar-refractivity contribution is -0.138. The summed E-state index contributed by atoms with van der Waals surface area (Å²) in [5.41, 5.74) is -0.341. The molecule has 1 saturated heterocycles. The quantitative estimate of drug-likeness (QED) is 0.443. The van der Waals surface area contributed by atoms with Crippen molar-refractivity contribution in [3.63, 3.8) is 0 Å². The molecule has 222 valence electrons. The van der Waals surface area contributed by atoms with Gasteiger partial charge in [0.25, 0.3) is 5.91 Å². The Kier molecular flexibility index (Phi) is 8.92. The van der Waals surface area contributed by atoms with Crippen LogP contribution in [-0.2, 0) is 24.5 Å². The molecule has 0 bridgehead atoms. The molecule has 3 heterocycles. The van der Waals surface area contributed by atoms with Gasteiger partial charge in [-0.1, -0.05) is 12.0 Å². The van der Waals surface area contributed by atoms with Gasteiger partial charge in [-0.15, -0.1) is 0 Å². The Hall–Kier alpha value is -4.37. The van der Waals surface area contributed by atoms with E-state index < -0.39 is 29.3 Å². The summed E-state index contributed by atoms with van der Waals surface area (Å²) >= 11 is 0. The summed E-state index contributed by atoms with van der Waals surface area (Å²) in [5.74, 6) is 6.22. The Morgan fingerprint density at radius 3 is 2.36 bits per heavy atom. The van der Waals surface area contributed by atoms with E-state index >= 15 is 0 Å². The molecule has 0 aliphatic carbocycles. The van der Waals surface area contributed by atoms with Gasteiger partial charge < -0.3 is 19.5 Å². The number of carbonyl (C=O) groups is 2. The van der Waals surface area contributed by atoms with E-state index in [1.165, 1.54) is 18.3 Å². The van der Waals surface area contributed by atoms with Crippen molar-refractivity contribution in [2.45, 2.75) is 46.0 Å². The van der Waals surface area contributed by atoms with Crippen LogP contribution in [0.25, 0.3) is 0 Å². The van der Waals surface area contributed by atoms with Crippen LogP contribution >= 0.6 is 0 Å². The third-order valence-corrected chi connectivity index (χ3v) is 6.65. The molecule has 12 heteroatoms. The molecule has 1 aliphatic heterocycles. The van der Waals surface area contributed by atoms with Gasteiger partial charge in [-0.2, -0.15) is 13.2 Å². The minimum absolute atomic E-state index is 0.0252. The SMILES string of the molecule is Cc1ncc(C#Cc2ccnc(NC(=O)c3ccc(CN4CCN(C(=O)OC(C)(C)C)CC4)c(C(F)(F)F)c3)c2)n1C. The lowest BCUT2D eigenvalue weighted by Crippen LogP contribution is -2.49. The normalized spacial score (nSPS) is 14.2. The number of pyridine rings is 1. The van der Waals surface area contributed by atoms with Gasteiger partial charge in [0.1, 0.15) is 22.9 Å². The lowest BCUT2D eigenvalue weighted by Gasteiger charge is -2.35. The van der Waals surface area contributed by atoms with Crippen molar-refractivity contribution in [3.05, 3.63) is 76.5 Å².